The lowest BCUT2D eigenvalue weighted by molar-refractivity contribution is 0.480. The first-order valence-electron chi connectivity index (χ1n) is 5.58. The molecule has 0 saturated heterocycles. The highest BCUT2D eigenvalue weighted by molar-refractivity contribution is 9.10. The van der Waals surface area contributed by atoms with Gasteiger partial charge in [-0.05, 0) is 34.1 Å². The van der Waals surface area contributed by atoms with Gasteiger partial charge in [0.05, 0.1) is 15.7 Å². The number of aromatic nitrogens is 1. The number of nitrogens with one attached hydrogen (secondary N) is 1. The molecule has 102 valence electrons. The minimum Gasteiger partial charge on any atom is -0.454 e. The van der Waals surface area contributed by atoms with E-state index >= 15 is 0 Å². The second-order valence-corrected chi connectivity index (χ2v) is 4.93. The molecule has 3 aromatic rings. The van der Waals surface area contributed by atoms with Crippen LogP contribution in [0, 0.1) is 5.82 Å². The van der Waals surface area contributed by atoms with Crippen LogP contribution in [0.4, 0.5) is 10.1 Å². The molecule has 1 aromatic heterocycles. The molecule has 3 N–H and O–H groups in total. The first-order valence-corrected chi connectivity index (χ1v) is 6.37. The third kappa shape index (κ3) is 2.27. The fraction of sp³-hybridized carbons (Fsp3) is 0. The quantitative estimate of drug-likeness (QED) is 0.701. The second-order valence-electron chi connectivity index (χ2n) is 4.08. The molecular formula is C13H8BrFN2O3. The number of anilines is 1. The van der Waals surface area contributed by atoms with Crippen molar-refractivity contribution in [2.24, 2.45) is 0 Å². The molecule has 0 saturated carbocycles. The van der Waals surface area contributed by atoms with Crippen LogP contribution in [0.3, 0.4) is 0 Å². The van der Waals surface area contributed by atoms with Crippen molar-refractivity contribution in [2.45, 2.75) is 0 Å². The average molecular weight is 339 g/mol. The van der Waals surface area contributed by atoms with Crippen molar-refractivity contribution < 1.29 is 13.5 Å². The van der Waals surface area contributed by atoms with E-state index in [4.69, 9.17) is 14.9 Å². The van der Waals surface area contributed by atoms with E-state index in [1.807, 2.05) is 0 Å². The number of halogens is 2. The summed E-state index contributed by atoms with van der Waals surface area (Å²) in [5.74, 6) is -0.212. The number of H-pyrrole nitrogens is 1. The van der Waals surface area contributed by atoms with Crippen LogP contribution in [0.25, 0.3) is 11.1 Å². The topological polar surface area (TPSA) is 81.2 Å². The number of rotatable bonds is 2. The predicted octanol–water partition coefficient (Wildman–Crippen LogP) is 3.40. The maximum atomic E-state index is 13.0. The molecule has 2 aromatic carbocycles. The lowest BCUT2D eigenvalue weighted by Gasteiger charge is -2.09. The van der Waals surface area contributed by atoms with Crippen LogP contribution in [0.5, 0.6) is 11.5 Å². The van der Waals surface area contributed by atoms with E-state index in [2.05, 4.69) is 20.9 Å². The Bertz CT molecular complexity index is 856. The van der Waals surface area contributed by atoms with Gasteiger partial charge in [-0.2, -0.15) is 0 Å². The zero-order chi connectivity index (χ0) is 14.3. The van der Waals surface area contributed by atoms with Gasteiger partial charge >= 0.3 is 5.76 Å². The van der Waals surface area contributed by atoms with E-state index in [0.717, 1.165) is 0 Å². The monoisotopic (exact) mass is 338 g/mol. The van der Waals surface area contributed by atoms with Crippen molar-refractivity contribution in [1.29, 1.82) is 0 Å². The summed E-state index contributed by atoms with van der Waals surface area (Å²) in [6.45, 7) is 0. The summed E-state index contributed by atoms with van der Waals surface area (Å²) in [7, 11) is 0. The Hall–Kier alpha value is -2.28. The normalized spacial score (nSPS) is 10.9. The van der Waals surface area contributed by atoms with E-state index in [1.54, 1.807) is 6.07 Å². The van der Waals surface area contributed by atoms with Gasteiger partial charge in [0.2, 0.25) is 0 Å². The third-order valence-electron chi connectivity index (χ3n) is 2.67. The molecule has 7 heteroatoms. The SMILES string of the molecule is Nc1cc2oc(=O)[nH]c2cc1Oc1ccc(F)cc1Br. The van der Waals surface area contributed by atoms with Crippen molar-refractivity contribution >= 4 is 32.7 Å². The van der Waals surface area contributed by atoms with Crippen LogP contribution in [-0.2, 0) is 0 Å². The number of nitrogen functional groups attached to an aromatic ring is 1. The van der Waals surface area contributed by atoms with Gasteiger partial charge < -0.3 is 14.9 Å². The van der Waals surface area contributed by atoms with Crippen molar-refractivity contribution in [1.82, 2.24) is 4.98 Å². The molecule has 0 aliphatic heterocycles. The number of fused-ring (bicyclic) bond motifs is 1. The summed E-state index contributed by atoms with van der Waals surface area (Å²) in [6.07, 6.45) is 0. The molecule has 0 radical (unpaired) electrons. The maximum absolute atomic E-state index is 13.0. The zero-order valence-electron chi connectivity index (χ0n) is 9.94. The first-order chi connectivity index (χ1) is 9.52. The highest BCUT2D eigenvalue weighted by Gasteiger charge is 2.10. The molecule has 0 bridgehead atoms. The molecule has 5 nitrogen and oxygen atoms in total. The highest BCUT2D eigenvalue weighted by Crippen LogP contribution is 2.34. The minimum absolute atomic E-state index is 0.302. The van der Waals surface area contributed by atoms with Gasteiger partial charge in [0, 0.05) is 12.1 Å². The summed E-state index contributed by atoms with van der Waals surface area (Å²) < 4.78 is 24.0. The van der Waals surface area contributed by atoms with Crippen molar-refractivity contribution in [2.75, 3.05) is 5.73 Å². The summed E-state index contributed by atoms with van der Waals surface area (Å²) >= 11 is 3.20. The van der Waals surface area contributed by atoms with E-state index in [0.29, 0.717) is 32.8 Å². The van der Waals surface area contributed by atoms with Gasteiger partial charge in [-0.15, -0.1) is 0 Å². The van der Waals surface area contributed by atoms with Gasteiger partial charge in [0.15, 0.2) is 11.3 Å². The fourth-order valence-electron chi connectivity index (χ4n) is 1.76. The molecular weight excluding hydrogens is 331 g/mol. The third-order valence-corrected chi connectivity index (χ3v) is 3.28. The maximum Gasteiger partial charge on any atom is 0.417 e. The Morgan fingerprint density at radius 2 is 2.05 bits per heavy atom. The van der Waals surface area contributed by atoms with E-state index in [9.17, 15) is 9.18 Å². The first kappa shape index (κ1) is 12.7. The zero-order valence-corrected chi connectivity index (χ0v) is 11.5. The molecule has 3 rings (SSSR count). The van der Waals surface area contributed by atoms with Crippen LogP contribution in [0.15, 0.2) is 44.0 Å². The number of ether oxygens (including phenoxy) is 1. The summed E-state index contributed by atoms with van der Waals surface area (Å²) in [6, 6.07) is 7.06. The van der Waals surface area contributed by atoms with Crippen molar-refractivity contribution in [3.8, 4) is 11.5 Å². The minimum atomic E-state index is -0.570. The molecule has 1 heterocycles. The van der Waals surface area contributed by atoms with Crippen LogP contribution < -0.4 is 16.2 Å². The van der Waals surface area contributed by atoms with Crippen molar-refractivity contribution in [3.05, 3.63) is 51.2 Å². The molecule has 0 atom stereocenters. The van der Waals surface area contributed by atoms with Gasteiger partial charge in [0.1, 0.15) is 11.6 Å². The molecule has 0 unspecified atom stereocenters. The molecule has 0 fully saturated rings. The van der Waals surface area contributed by atoms with Crippen LogP contribution >= 0.6 is 15.9 Å². The van der Waals surface area contributed by atoms with Gasteiger partial charge in [-0.1, -0.05) is 0 Å². The Balaban J connectivity index is 2.05. The number of benzene rings is 2. The van der Waals surface area contributed by atoms with Gasteiger partial charge in [-0.25, -0.2) is 9.18 Å². The second kappa shape index (κ2) is 4.68. The standard InChI is InChI=1S/C13H8BrFN2O3/c14-7-3-6(15)1-2-10(7)19-11-5-9-12(4-8(11)16)20-13(18)17-9/h1-5H,16H2,(H,17,18). The Kier molecular flexibility index (Phi) is 2.98. The number of oxazole rings is 1. The number of nitrogens with two attached hydrogens (primary N) is 1. The van der Waals surface area contributed by atoms with Crippen LogP contribution in [0.1, 0.15) is 0 Å². The molecule has 0 aliphatic rings. The predicted molar refractivity (Wildman–Crippen MR) is 75.4 cm³/mol. The smallest absolute Gasteiger partial charge is 0.417 e. The number of hydrogen-bond acceptors (Lipinski definition) is 4. The summed E-state index contributed by atoms with van der Waals surface area (Å²) in [4.78, 5) is 13.6. The van der Waals surface area contributed by atoms with E-state index < -0.39 is 5.76 Å². The molecule has 0 spiro atoms. The molecule has 0 aliphatic carbocycles. The summed E-state index contributed by atoms with van der Waals surface area (Å²) in [5, 5.41) is 0. The lowest BCUT2D eigenvalue weighted by atomic mass is 10.2. The Labute approximate surface area is 120 Å². The Morgan fingerprint density at radius 3 is 2.80 bits per heavy atom. The van der Waals surface area contributed by atoms with Gasteiger partial charge in [0.25, 0.3) is 0 Å². The van der Waals surface area contributed by atoms with Crippen LogP contribution in [0.2, 0.25) is 0 Å². The largest absolute Gasteiger partial charge is 0.454 e. The van der Waals surface area contributed by atoms with Crippen LogP contribution in [-0.4, -0.2) is 4.98 Å². The summed E-state index contributed by atoms with van der Waals surface area (Å²) in [5.41, 5.74) is 6.95. The highest BCUT2D eigenvalue weighted by atomic mass is 79.9. The van der Waals surface area contributed by atoms with E-state index in [1.165, 1.54) is 24.3 Å². The molecule has 0 amide bonds. The number of aromatic amines is 1. The number of hydrogen-bond donors (Lipinski definition) is 2. The Morgan fingerprint density at radius 1 is 1.25 bits per heavy atom. The lowest BCUT2D eigenvalue weighted by Crippen LogP contribution is -1.94. The molecule has 20 heavy (non-hydrogen) atoms. The van der Waals surface area contributed by atoms with E-state index in [-0.39, 0.29) is 5.82 Å². The average Bonchev–Trinajstić information content (AvgIpc) is 2.72. The fourth-order valence-corrected chi connectivity index (χ4v) is 2.19. The van der Waals surface area contributed by atoms with Crippen molar-refractivity contribution in [3.63, 3.8) is 0 Å². The van der Waals surface area contributed by atoms with Gasteiger partial charge in [-0.3, -0.25) is 4.98 Å².